The summed E-state index contributed by atoms with van der Waals surface area (Å²) in [5, 5.41) is 4.63. The van der Waals surface area contributed by atoms with Gasteiger partial charge in [-0.05, 0) is 34.5 Å². The molecule has 0 spiro atoms. The molecule has 19 heavy (non-hydrogen) atoms. The number of aromatic nitrogens is 3. The van der Waals surface area contributed by atoms with Gasteiger partial charge in [-0.15, -0.1) is 0 Å². The van der Waals surface area contributed by atoms with Crippen LogP contribution in [0.25, 0.3) is 0 Å². The molecule has 0 amide bonds. The first-order valence-corrected chi connectivity index (χ1v) is 7.14. The lowest BCUT2D eigenvalue weighted by Crippen LogP contribution is -2.11. The maximum Gasteiger partial charge on any atom is 0.170 e. The Hall–Kier alpha value is -1.20. The number of nitrogens with zero attached hydrogens (tertiary/aromatic N) is 3. The molecule has 0 aliphatic heterocycles. The number of halogens is 2. The van der Waals surface area contributed by atoms with E-state index in [0.717, 1.165) is 17.4 Å². The van der Waals surface area contributed by atoms with E-state index >= 15 is 0 Å². The van der Waals surface area contributed by atoms with E-state index in [0.29, 0.717) is 16.4 Å². The second-order valence-corrected chi connectivity index (χ2v) is 5.39. The highest BCUT2D eigenvalue weighted by molar-refractivity contribution is 9.10. The molecule has 0 bridgehead atoms. The smallest absolute Gasteiger partial charge is 0.170 e. The van der Waals surface area contributed by atoms with Crippen LogP contribution in [0.5, 0.6) is 0 Å². The van der Waals surface area contributed by atoms with Crippen LogP contribution in [-0.4, -0.2) is 20.5 Å². The van der Waals surface area contributed by atoms with E-state index in [1.54, 1.807) is 22.9 Å². The molecule has 4 nitrogen and oxygen atoms in total. The van der Waals surface area contributed by atoms with E-state index in [4.69, 9.17) is 11.6 Å². The largest absolute Gasteiger partial charge is 0.294 e. The van der Waals surface area contributed by atoms with E-state index in [-0.39, 0.29) is 12.2 Å². The Morgan fingerprint density at radius 3 is 2.95 bits per heavy atom. The van der Waals surface area contributed by atoms with Gasteiger partial charge in [0.2, 0.25) is 0 Å². The van der Waals surface area contributed by atoms with E-state index < -0.39 is 0 Å². The topological polar surface area (TPSA) is 47.8 Å². The maximum absolute atomic E-state index is 12.2. The molecule has 0 saturated heterocycles. The molecule has 0 N–H and O–H groups in total. The number of carbonyl (C=O) groups excluding carboxylic acids is 1. The quantitative estimate of drug-likeness (QED) is 0.781. The van der Waals surface area contributed by atoms with Gasteiger partial charge >= 0.3 is 0 Å². The number of Topliss-reactive ketones (excluding diaryl/α,β-unsaturated/α-hetero) is 1. The molecular formula is C13H13BrClN3O. The van der Waals surface area contributed by atoms with Crippen molar-refractivity contribution in [2.45, 2.75) is 26.3 Å². The van der Waals surface area contributed by atoms with Gasteiger partial charge in [0.15, 0.2) is 5.78 Å². The Balaban J connectivity index is 2.16. The first-order valence-electron chi connectivity index (χ1n) is 5.96. The lowest BCUT2D eigenvalue weighted by molar-refractivity contribution is 0.0989. The van der Waals surface area contributed by atoms with E-state index in [1.807, 2.05) is 0 Å². The summed E-state index contributed by atoms with van der Waals surface area (Å²) in [6.45, 7) is 2.82. The summed E-state index contributed by atoms with van der Waals surface area (Å²) in [5.41, 5.74) is 0.583. The average molecular weight is 343 g/mol. The summed E-state index contributed by atoms with van der Waals surface area (Å²) in [4.78, 5) is 16.3. The zero-order chi connectivity index (χ0) is 13.8. The minimum atomic E-state index is -0.0141. The molecule has 0 fully saturated rings. The Labute approximate surface area is 124 Å². The molecule has 6 heteroatoms. The number of hydrogen-bond acceptors (Lipinski definition) is 3. The Morgan fingerprint density at radius 1 is 1.47 bits per heavy atom. The molecule has 1 aromatic carbocycles. The van der Waals surface area contributed by atoms with Crippen LogP contribution < -0.4 is 0 Å². The summed E-state index contributed by atoms with van der Waals surface area (Å²) >= 11 is 9.29. The molecule has 0 unspecified atom stereocenters. The summed E-state index contributed by atoms with van der Waals surface area (Å²) in [7, 11) is 0. The third-order valence-corrected chi connectivity index (χ3v) is 3.92. The zero-order valence-corrected chi connectivity index (χ0v) is 12.8. The number of ketones is 1. The Morgan fingerprint density at radius 2 is 2.26 bits per heavy atom. The molecule has 2 rings (SSSR count). The molecule has 0 radical (unpaired) electrons. The third kappa shape index (κ3) is 3.42. The second kappa shape index (κ2) is 6.30. The van der Waals surface area contributed by atoms with Crippen molar-refractivity contribution < 1.29 is 4.79 Å². The highest BCUT2D eigenvalue weighted by Gasteiger charge is 2.13. The van der Waals surface area contributed by atoms with Gasteiger partial charge in [-0.25, -0.2) is 9.67 Å². The maximum atomic E-state index is 12.2. The first kappa shape index (κ1) is 14.2. The van der Waals surface area contributed by atoms with Crippen molar-refractivity contribution in [3.05, 3.63) is 45.4 Å². The monoisotopic (exact) mass is 341 g/mol. The SMILES string of the molecule is CCCn1ncnc1CC(=O)c1ccc(Br)c(Cl)c1. The predicted octanol–water partition coefficient (Wildman–Crippen LogP) is 3.53. The molecule has 0 atom stereocenters. The second-order valence-electron chi connectivity index (χ2n) is 4.13. The van der Waals surface area contributed by atoms with Crippen LogP contribution in [0.15, 0.2) is 29.0 Å². The summed E-state index contributed by atoms with van der Waals surface area (Å²) in [6.07, 6.45) is 2.67. The van der Waals surface area contributed by atoms with Crippen molar-refractivity contribution in [3.63, 3.8) is 0 Å². The van der Waals surface area contributed by atoms with Crippen LogP contribution in [0.3, 0.4) is 0 Å². The standard InChI is InChI=1S/C13H13BrClN3O/c1-2-5-18-13(16-8-17-18)7-12(19)9-3-4-10(14)11(15)6-9/h3-4,6,8H,2,5,7H2,1H3. The fourth-order valence-corrected chi connectivity index (χ4v) is 2.17. The van der Waals surface area contributed by atoms with E-state index in [2.05, 4.69) is 32.9 Å². The van der Waals surface area contributed by atoms with Crippen LogP contribution in [0.4, 0.5) is 0 Å². The van der Waals surface area contributed by atoms with E-state index in [1.165, 1.54) is 6.33 Å². The highest BCUT2D eigenvalue weighted by atomic mass is 79.9. The van der Waals surface area contributed by atoms with Crippen molar-refractivity contribution >= 4 is 33.3 Å². The van der Waals surface area contributed by atoms with Gasteiger partial charge in [-0.1, -0.05) is 24.6 Å². The van der Waals surface area contributed by atoms with Crippen LogP contribution in [-0.2, 0) is 13.0 Å². The molecule has 1 heterocycles. The van der Waals surface area contributed by atoms with Crippen molar-refractivity contribution in [1.29, 1.82) is 0 Å². The third-order valence-electron chi connectivity index (χ3n) is 2.69. The van der Waals surface area contributed by atoms with Crippen molar-refractivity contribution in [2.24, 2.45) is 0 Å². The van der Waals surface area contributed by atoms with Crippen molar-refractivity contribution in [3.8, 4) is 0 Å². The minimum absolute atomic E-state index is 0.0141. The molecule has 100 valence electrons. The molecular weight excluding hydrogens is 330 g/mol. The predicted molar refractivity (Wildman–Crippen MR) is 77.5 cm³/mol. The van der Waals surface area contributed by atoms with Crippen molar-refractivity contribution in [1.82, 2.24) is 14.8 Å². The molecule has 0 aliphatic carbocycles. The molecule has 1 aromatic heterocycles. The lowest BCUT2D eigenvalue weighted by Gasteiger charge is -2.05. The first-order chi connectivity index (χ1) is 9.11. The van der Waals surface area contributed by atoms with Crippen LogP contribution in [0.1, 0.15) is 29.5 Å². The zero-order valence-electron chi connectivity index (χ0n) is 10.4. The Bertz CT molecular complexity index is 597. The van der Waals surface area contributed by atoms with Crippen LogP contribution in [0, 0.1) is 0 Å². The summed E-state index contributed by atoms with van der Waals surface area (Å²) in [5.74, 6) is 0.672. The molecule has 0 saturated carbocycles. The van der Waals surface area contributed by atoms with Crippen LogP contribution >= 0.6 is 27.5 Å². The fraction of sp³-hybridized carbons (Fsp3) is 0.308. The van der Waals surface area contributed by atoms with Gasteiger partial charge in [0, 0.05) is 16.6 Å². The minimum Gasteiger partial charge on any atom is -0.294 e. The van der Waals surface area contributed by atoms with Gasteiger partial charge in [0.1, 0.15) is 12.2 Å². The highest BCUT2D eigenvalue weighted by Crippen LogP contribution is 2.23. The van der Waals surface area contributed by atoms with Gasteiger partial charge in [-0.3, -0.25) is 4.79 Å². The average Bonchev–Trinajstić information content (AvgIpc) is 2.80. The molecule has 2 aromatic rings. The molecule has 0 aliphatic rings. The summed E-state index contributed by atoms with van der Waals surface area (Å²) < 4.78 is 2.54. The number of rotatable bonds is 5. The Kier molecular flexibility index (Phi) is 4.71. The van der Waals surface area contributed by atoms with Gasteiger partial charge < -0.3 is 0 Å². The fourth-order valence-electron chi connectivity index (χ4n) is 1.74. The van der Waals surface area contributed by atoms with Crippen LogP contribution in [0.2, 0.25) is 5.02 Å². The summed E-state index contributed by atoms with van der Waals surface area (Å²) in [6, 6.07) is 5.18. The van der Waals surface area contributed by atoms with Gasteiger partial charge in [0.25, 0.3) is 0 Å². The lowest BCUT2D eigenvalue weighted by atomic mass is 10.1. The number of benzene rings is 1. The van der Waals surface area contributed by atoms with Gasteiger partial charge in [0.05, 0.1) is 11.4 Å². The normalized spacial score (nSPS) is 10.7. The number of hydrogen-bond donors (Lipinski definition) is 0. The van der Waals surface area contributed by atoms with Crippen molar-refractivity contribution in [2.75, 3.05) is 0 Å². The van der Waals surface area contributed by atoms with Gasteiger partial charge in [-0.2, -0.15) is 5.10 Å². The number of aryl methyl sites for hydroxylation is 1. The number of carbonyl (C=O) groups is 1. The van der Waals surface area contributed by atoms with E-state index in [9.17, 15) is 4.79 Å².